The maximum atomic E-state index is 10.1. The lowest BCUT2D eigenvalue weighted by Gasteiger charge is -2.24. The molecule has 0 aliphatic carbocycles. The highest BCUT2D eigenvalue weighted by molar-refractivity contribution is 7.95. The van der Waals surface area contributed by atoms with Crippen LogP contribution in [0.5, 0.6) is 0 Å². The summed E-state index contributed by atoms with van der Waals surface area (Å²) in [4.78, 5) is 10.1. The van der Waals surface area contributed by atoms with Crippen molar-refractivity contribution in [1.82, 2.24) is 9.03 Å². The second kappa shape index (κ2) is 4.42. The normalized spacial score (nSPS) is 19.6. The van der Waals surface area contributed by atoms with Gasteiger partial charge in [0.25, 0.3) is 0 Å². The Labute approximate surface area is 69.0 Å². The maximum Gasteiger partial charge on any atom is 0.415 e. The average molecular weight is 178 g/mol. The third kappa shape index (κ3) is 3.45. The Balaban J connectivity index is 2.09. The van der Waals surface area contributed by atoms with Crippen LogP contribution in [0.3, 0.4) is 0 Å². The monoisotopic (exact) mass is 178 g/mol. The molecular weight excluding hydrogens is 168 g/mol. The quantitative estimate of drug-likeness (QED) is 0.589. The van der Waals surface area contributed by atoms with Crippen LogP contribution < -0.4 is 4.72 Å². The topological polar surface area (TPSA) is 61.8 Å². The Morgan fingerprint density at radius 3 is 2.73 bits per heavy atom. The van der Waals surface area contributed by atoms with E-state index in [0.29, 0.717) is 13.2 Å². The summed E-state index contributed by atoms with van der Waals surface area (Å²) in [7, 11) is 0. The number of carbonyl (C=O) groups is 1. The second-order valence-electron chi connectivity index (χ2n) is 2.04. The number of nitrogens with one attached hydrogen (secondary N) is 1. The molecule has 0 aromatic rings. The van der Waals surface area contributed by atoms with Crippen molar-refractivity contribution < 1.29 is 14.6 Å². The summed E-state index contributed by atoms with van der Waals surface area (Å²) in [5.74, 6) is 0. The van der Waals surface area contributed by atoms with Crippen LogP contribution in [-0.4, -0.2) is 41.8 Å². The highest BCUT2D eigenvalue weighted by Crippen LogP contribution is 2.07. The van der Waals surface area contributed by atoms with Crippen molar-refractivity contribution >= 4 is 18.2 Å². The zero-order valence-electron chi connectivity index (χ0n) is 5.95. The minimum atomic E-state index is -1.01. The summed E-state index contributed by atoms with van der Waals surface area (Å²) in [6.45, 7) is 2.89. The highest BCUT2D eigenvalue weighted by Gasteiger charge is 2.11. The van der Waals surface area contributed by atoms with E-state index in [4.69, 9.17) is 9.84 Å². The van der Waals surface area contributed by atoms with Gasteiger partial charge in [0.15, 0.2) is 0 Å². The molecule has 0 spiro atoms. The fraction of sp³-hybridized carbons (Fsp3) is 0.800. The van der Waals surface area contributed by atoms with Gasteiger partial charge in [-0.25, -0.2) is 9.10 Å². The SMILES string of the molecule is O=C(O)NSN1CCOCC1. The molecule has 6 heteroatoms. The van der Waals surface area contributed by atoms with E-state index in [1.807, 2.05) is 4.31 Å². The number of hydrogen-bond donors (Lipinski definition) is 2. The van der Waals surface area contributed by atoms with E-state index in [0.717, 1.165) is 25.2 Å². The predicted octanol–water partition coefficient (Wildman–Crippen LogP) is 0.149. The van der Waals surface area contributed by atoms with E-state index < -0.39 is 6.09 Å². The van der Waals surface area contributed by atoms with Gasteiger partial charge in [-0.2, -0.15) is 0 Å². The van der Waals surface area contributed by atoms with Crippen LogP contribution in [-0.2, 0) is 4.74 Å². The first kappa shape index (κ1) is 8.63. The number of hydrogen-bond acceptors (Lipinski definition) is 4. The van der Waals surface area contributed by atoms with Gasteiger partial charge < -0.3 is 9.84 Å². The van der Waals surface area contributed by atoms with Gasteiger partial charge in [0.1, 0.15) is 0 Å². The van der Waals surface area contributed by atoms with Crippen molar-refractivity contribution in [2.24, 2.45) is 0 Å². The summed E-state index contributed by atoms with van der Waals surface area (Å²) >= 11 is 1.11. The fourth-order valence-corrected chi connectivity index (χ4v) is 1.28. The molecular formula is C5H10N2O3S. The van der Waals surface area contributed by atoms with Crippen molar-refractivity contribution in [1.29, 1.82) is 0 Å². The molecule has 11 heavy (non-hydrogen) atoms. The van der Waals surface area contributed by atoms with E-state index in [1.165, 1.54) is 0 Å². The first-order chi connectivity index (χ1) is 5.29. The van der Waals surface area contributed by atoms with Crippen molar-refractivity contribution in [3.8, 4) is 0 Å². The summed E-state index contributed by atoms with van der Waals surface area (Å²) < 4.78 is 9.21. The van der Waals surface area contributed by atoms with Crippen LogP contribution in [0, 0.1) is 0 Å². The van der Waals surface area contributed by atoms with Crippen molar-refractivity contribution in [2.45, 2.75) is 0 Å². The Hall–Kier alpha value is -0.460. The lowest BCUT2D eigenvalue weighted by molar-refractivity contribution is 0.0770. The molecule has 0 atom stereocenters. The minimum Gasteiger partial charge on any atom is -0.464 e. The molecule has 0 aromatic heterocycles. The summed E-state index contributed by atoms with van der Waals surface area (Å²) in [5, 5.41) is 8.25. The third-order valence-corrected chi connectivity index (χ3v) is 2.12. The minimum absolute atomic E-state index is 0.675. The molecule has 1 aliphatic rings. The summed E-state index contributed by atoms with van der Waals surface area (Å²) in [6.07, 6.45) is -1.01. The second-order valence-corrected chi connectivity index (χ2v) is 2.94. The van der Waals surface area contributed by atoms with Crippen LogP contribution in [0.15, 0.2) is 0 Å². The Morgan fingerprint density at radius 1 is 1.55 bits per heavy atom. The van der Waals surface area contributed by atoms with Gasteiger partial charge in [0.2, 0.25) is 0 Å². The molecule has 1 saturated heterocycles. The number of ether oxygens (including phenoxy) is 1. The number of nitrogens with zero attached hydrogens (tertiary/aromatic N) is 1. The molecule has 0 radical (unpaired) electrons. The highest BCUT2D eigenvalue weighted by atomic mass is 32.2. The third-order valence-electron chi connectivity index (χ3n) is 1.23. The molecule has 64 valence electrons. The Bertz CT molecular complexity index is 138. The fourth-order valence-electron chi connectivity index (χ4n) is 0.741. The smallest absolute Gasteiger partial charge is 0.415 e. The molecule has 1 rings (SSSR count). The van der Waals surface area contributed by atoms with Gasteiger partial charge in [0, 0.05) is 25.2 Å². The lowest BCUT2D eigenvalue weighted by Crippen LogP contribution is -2.34. The molecule has 1 amide bonds. The van der Waals surface area contributed by atoms with Gasteiger partial charge in [-0.3, -0.25) is 4.72 Å². The van der Waals surface area contributed by atoms with Crippen molar-refractivity contribution in [3.05, 3.63) is 0 Å². The van der Waals surface area contributed by atoms with Crippen molar-refractivity contribution in [2.75, 3.05) is 26.3 Å². The van der Waals surface area contributed by atoms with Crippen LogP contribution in [0.25, 0.3) is 0 Å². The van der Waals surface area contributed by atoms with Gasteiger partial charge in [-0.1, -0.05) is 0 Å². The van der Waals surface area contributed by atoms with Crippen LogP contribution in [0.4, 0.5) is 4.79 Å². The summed E-state index contributed by atoms with van der Waals surface area (Å²) in [5.41, 5.74) is 0. The molecule has 0 aromatic carbocycles. The van der Waals surface area contributed by atoms with E-state index in [-0.39, 0.29) is 0 Å². The molecule has 0 bridgehead atoms. The Kier molecular flexibility index (Phi) is 3.47. The maximum absolute atomic E-state index is 10.1. The molecule has 2 N–H and O–H groups in total. The molecule has 0 saturated carbocycles. The van der Waals surface area contributed by atoms with Crippen LogP contribution >= 0.6 is 12.1 Å². The summed E-state index contributed by atoms with van der Waals surface area (Å²) in [6, 6.07) is 0. The zero-order chi connectivity index (χ0) is 8.10. The van der Waals surface area contributed by atoms with E-state index in [1.54, 1.807) is 0 Å². The number of amides is 1. The van der Waals surface area contributed by atoms with Gasteiger partial charge in [0.05, 0.1) is 13.2 Å². The molecule has 1 aliphatic heterocycles. The first-order valence-corrected chi connectivity index (χ1v) is 4.05. The predicted molar refractivity (Wildman–Crippen MR) is 41.1 cm³/mol. The molecule has 1 heterocycles. The van der Waals surface area contributed by atoms with Gasteiger partial charge >= 0.3 is 6.09 Å². The van der Waals surface area contributed by atoms with E-state index >= 15 is 0 Å². The van der Waals surface area contributed by atoms with E-state index in [9.17, 15) is 4.79 Å². The number of rotatable bonds is 2. The number of morpholine rings is 1. The molecule has 1 fully saturated rings. The van der Waals surface area contributed by atoms with Gasteiger partial charge in [-0.05, 0) is 0 Å². The average Bonchev–Trinajstić information content (AvgIpc) is 2.03. The molecule has 0 unspecified atom stereocenters. The van der Waals surface area contributed by atoms with Crippen LogP contribution in [0.1, 0.15) is 0 Å². The molecule has 5 nitrogen and oxygen atoms in total. The van der Waals surface area contributed by atoms with Crippen LogP contribution in [0.2, 0.25) is 0 Å². The number of carboxylic acid groups (broad SMARTS) is 1. The standard InChI is InChI=1S/C5H10N2O3S/c8-5(9)6-11-7-1-3-10-4-2-7/h6H,1-4H2,(H,8,9). The zero-order valence-corrected chi connectivity index (χ0v) is 6.76. The largest absolute Gasteiger partial charge is 0.464 e. The Morgan fingerprint density at radius 2 is 2.18 bits per heavy atom. The van der Waals surface area contributed by atoms with Gasteiger partial charge in [-0.15, -0.1) is 0 Å². The first-order valence-electron chi connectivity index (χ1n) is 3.27. The van der Waals surface area contributed by atoms with E-state index in [2.05, 4.69) is 4.72 Å². The van der Waals surface area contributed by atoms with Crippen molar-refractivity contribution in [3.63, 3.8) is 0 Å². The lowest BCUT2D eigenvalue weighted by atomic mass is 10.5.